The van der Waals surface area contributed by atoms with Gasteiger partial charge >= 0.3 is 18.2 Å². The van der Waals surface area contributed by atoms with Crippen molar-refractivity contribution < 1.29 is 43.3 Å². The van der Waals surface area contributed by atoms with Gasteiger partial charge in [0.15, 0.2) is 0 Å². The molecular weight excluding hydrogens is 1140 g/mol. The normalized spacial score (nSPS) is 13.3. The summed E-state index contributed by atoms with van der Waals surface area (Å²) in [6, 6.07) is 0.335. The van der Waals surface area contributed by atoms with Crippen molar-refractivity contribution in [2.75, 3.05) is 14.1 Å². The number of Topliss-reactive ketones (excluding diaryl/α,β-unsaturated/α-hetero) is 1. The number of nitrogens with two attached hydrogens (primary N) is 1. The van der Waals surface area contributed by atoms with E-state index in [9.17, 15) is 28.8 Å². The van der Waals surface area contributed by atoms with Gasteiger partial charge in [-0.15, -0.1) is 69.3 Å². The highest BCUT2D eigenvalue weighted by Crippen LogP contribution is 2.26. The number of carboxylic acids is 1. The molecule has 0 aliphatic rings. The highest BCUT2D eigenvalue weighted by Gasteiger charge is 2.29. The average molecular weight is 1220 g/mol. The molecule has 4 amide bonds. The highest BCUT2D eigenvalue weighted by atomic mass is 127. The van der Waals surface area contributed by atoms with E-state index in [-0.39, 0.29) is 116 Å². The molecule has 0 spiro atoms. The molecule has 0 unspecified atom stereocenters. The first-order chi connectivity index (χ1) is 34.8. The summed E-state index contributed by atoms with van der Waals surface area (Å²) in [7, 11) is 3.46. The molecular formula is C51H82IN9O9S4. The fraction of sp³-hybridized carbons (Fsp3) is 0.647. The van der Waals surface area contributed by atoms with Gasteiger partial charge in [-0.2, -0.15) is 0 Å². The van der Waals surface area contributed by atoms with Gasteiger partial charge in [0.05, 0.1) is 50.8 Å². The Bertz CT molecular complexity index is 2130. The van der Waals surface area contributed by atoms with Crippen LogP contribution in [0.1, 0.15) is 146 Å². The predicted molar refractivity (Wildman–Crippen MR) is 305 cm³/mol. The van der Waals surface area contributed by atoms with Crippen LogP contribution < -0.4 is 16.4 Å². The maximum absolute atomic E-state index is 13.2. The quantitative estimate of drug-likeness (QED) is 0.0355. The first-order valence-corrected chi connectivity index (χ1v) is 28.7. The lowest BCUT2D eigenvalue weighted by Crippen LogP contribution is -2.36. The van der Waals surface area contributed by atoms with Crippen molar-refractivity contribution >= 4 is 105 Å². The van der Waals surface area contributed by atoms with Crippen molar-refractivity contribution in [1.29, 1.82) is 0 Å². The van der Waals surface area contributed by atoms with Crippen LogP contribution in [0.2, 0.25) is 0 Å². The number of alkyl carbamates (subject to hydrolysis) is 2. The SMILES string of the molecule is CC(C)[C@H](CC(=O)N(C)Cc1cncs1)C(=O)O.CC[C@@H](CC[C@H](CC)NC(=O)OCc1cncs1)CC(=O)[C@@H](CC(=O)N(C)Cc1cncs1)C(C)C.CC[C@H](N)CC[C@H](CC)NC(=O)OCc1cncs1.I. The Morgan fingerprint density at radius 3 is 1.31 bits per heavy atom. The molecule has 0 radical (unpaired) electrons. The molecule has 23 heteroatoms. The van der Waals surface area contributed by atoms with Gasteiger partial charge in [0, 0.05) is 91.9 Å². The van der Waals surface area contributed by atoms with Gasteiger partial charge in [0.2, 0.25) is 11.8 Å². The van der Waals surface area contributed by atoms with Gasteiger partial charge in [0.25, 0.3) is 0 Å². The molecule has 0 aliphatic heterocycles. The zero-order valence-electron chi connectivity index (χ0n) is 44.9. The fourth-order valence-corrected chi connectivity index (χ4v) is 9.62. The van der Waals surface area contributed by atoms with E-state index in [0.717, 1.165) is 70.9 Å². The summed E-state index contributed by atoms with van der Waals surface area (Å²) in [6.07, 6.45) is 13.7. The summed E-state index contributed by atoms with van der Waals surface area (Å²) >= 11 is 5.92. The number of thiazole rings is 4. The zero-order chi connectivity index (χ0) is 54.3. The summed E-state index contributed by atoms with van der Waals surface area (Å²) in [4.78, 5) is 95.9. The number of nitrogens with zero attached hydrogens (tertiary/aromatic N) is 6. The van der Waals surface area contributed by atoms with Crippen LogP contribution in [0.3, 0.4) is 0 Å². The number of nitrogens with one attached hydrogen (secondary N) is 2. The lowest BCUT2D eigenvalue weighted by atomic mass is 9.82. The minimum absolute atomic E-state index is 0. The Kier molecular flexibility index (Phi) is 35.2. The van der Waals surface area contributed by atoms with Gasteiger partial charge in [-0.05, 0) is 62.7 Å². The number of carboxylic acid groups (broad SMARTS) is 1. The van der Waals surface area contributed by atoms with E-state index >= 15 is 0 Å². The molecule has 0 aromatic carbocycles. The third kappa shape index (κ3) is 28.1. The molecule has 5 N–H and O–H groups in total. The van der Waals surface area contributed by atoms with Gasteiger partial charge in [-0.1, -0.05) is 61.8 Å². The molecule has 18 nitrogen and oxygen atoms in total. The van der Waals surface area contributed by atoms with Crippen LogP contribution >= 0.6 is 69.3 Å². The summed E-state index contributed by atoms with van der Waals surface area (Å²) < 4.78 is 10.4. The van der Waals surface area contributed by atoms with E-state index in [2.05, 4.69) is 44.4 Å². The molecule has 416 valence electrons. The Morgan fingerprint density at radius 2 is 0.973 bits per heavy atom. The number of amides is 4. The van der Waals surface area contributed by atoms with Crippen LogP contribution in [-0.4, -0.2) is 103 Å². The van der Waals surface area contributed by atoms with E-state index in [4.69, 9.17) is 20.3 Å². The second kappa shape index (κ2) is 38.4. The monoisotopic (exact) mass is 1220 g/mol. The number of carbonyl (C=O) groups excluding carboxylic acids is 5. The largest absolute Gasteiger partial charge is 0.481 e. The van der Waals surface area contributed by atoms with E-state index in [0.29, 0.717) is 19.5 Å². The lowest BCUT2D eigenvalue weighted by Gasteiger charge is -2.25. The minimum atomic E-state index is -0.912. The molecule has 4 heterocycles. The average Bonchev–Trinajstić information content (AvgIpc) is 4.24. The topological polar surface area (TPSA) is 249 Å². The van der Waals surface area contributed by atoms with Crippen LogP contribution in [-0.2, 0) is 55.0 Å². The summed E-state index contributed by atoms with van der Waals surface area (Å²) in [5, 5.41) is 14.9. The van der Waals surface area contributed by atoms with Crippen molar-refractivity contribution in [3.8, 4) is 0 Å². The number of hydrogen-bond acceptors (Lipinski definition) is 17. The number of ketones is 1. The van der Waals surface area contributed by atoms with Gasteiger partial charge < -0.3 is 40.7 Å². The molecule has 4 aromatic heterocycles. The van der Waals surface area contributed by atoms with Gasteiger partial charge in [-0.3, -0.25) is 39.1 Å². The molecule has 4 rings (SSSR count). The van der Waals surface area contributed by atoms with Gasteiger partial charge in [0.1, 0.15) is 19.0 Å². The zero-order valence-corrected chi connectivity index (χ0v) is 50.5. The Hall–Kier alpha value is -4.17. The van der Waals surface area contributed by atoms with Crippen molar-refractivity contribution in [1.82, 2.24) is 40.4 Å². The van der Waals surface area contributed by atoms with Crippen molar-refractivity contribution in [2.24, 2.45) is 35.3 Å². The molecule has 0 saturated carbocycles. The number of aliphatic carboxylic acids is 1. The number of carbonyl (C=O) groups is 6. The molecule has 0 aliphatic carbocycles. The number of aromatic nitrogens is 4. The minimum Gasteiger partial charge on any atom is -0.481 e. The van der Waals surface area contributed by atoms with Crippen LogP contribution in [0.4, 0.5) is 9.59 Å². The maximum Gasteiger partial charge on any atom is 0.407 e. The summed E-state index contributed by atoms with van der Waals surface area (Å²) in [6.45, 7) is 17.4. The van der Waals surface area contributed by atoms with Gasteiger partial charge in [-0.25, -0.2) is 9.59 Å². The predicted octanol–water partition coefficient (Wildman–Crippen LogP) is 10.8. The first kappa shape index (κ1) is 67.8. The number of hydrogen-bond donors (Lipinski definition) is 4. The van der Waals surface area contributed by atoms with Crippen LogP contribution in [0, 0.1) is 29.6 Å². The second-order valence-electron chi connectivity index (χ2n) is 18.7. The van der Waals surface area contributed by atoms with E-state index in [1.165, 1.54) is 45.3 Å². The Balaban J connectivity index is 0.000000607. The maximum atomic E-state index is 13.2. The summed E-state index contributed by atoms with van der Waals surface area (Å²) in [5.41, 5.74) is 12.8. The molecule has 6 atom stereocenters. The van der Waals surface area contributed by atoms with E-state index in [1.807, 2.05) is 41.5 Å². The van der Waals surface area contributed by atoms with Crippen LogP contribution in [0.5, 0.6) is 0 Å². The molecule has 0 fully saturated rings. The lowest BCUT2D eigenvalue weighted by molar-refractivity contribution is -0.147. The highest BCUT2D eigenvalue weighted by molar-refractivity contribution is 14.0. The third-order valence-corrected chi connectivity index (χ3v) is 15.5. The Labute approximate surface area is 471 Å². The first-order valence-electron chi connectivity index (χ1n) is 25.1. The van der Waals surface area contributed by atoms with Crippen LogP contribution in [0.25, 0.3) is 0 Å². The summed E-state index contributed by atoms with van der Waals surface area (Å²) in [5.74, 6) is -1.59. The smallest absolute Gasteiger partial charge is 0.407 e. The molecule has 0 saturated heterocycles. The number of halogens is 1. The second-order valence-corrected chi connectivity index (χ2v) is 22.6. The Morgan fingerprint density at radius 1 is 0.581 bits per heavy atom. The van der Waals surface area contributed by atoms with Crippen molar-refractivity contribution in [3.63, 3.8) is 0 Å². The number of ether oxygens (including phenoxy) is 2. The fourth-order valence-electron chi connectivity index (χ4n) is 7.32. The molecule has 4 aromatic rings. The molecule has 74 heavy (non-hydrogen) atoms. The van der Waals surface area contributed by atoms with Crippen molar-refractivity contribution in [2.45, 2.75) is 170 Å². The van der Waals surface area contributed by atoms with Crippen molar-refractivity contribution in [3.05, 3.63) is 66.3 Å². The number of rotatable bonds is 30. The standard InChI is InChI=1S/C26H40N4O4S2.C13H23N3O2S.C12H18N2O3S.HI/c1-6-19(8-9-20(7-2)29-26(33)34-15-22-13-28-17-36-22)10-24(31)23(18(3)4)11-25(32)30(5)14-21-12-27-16-35-21;1-3-10(14)5-6-11(4-2)16-13(17)18-8-12-7-15-9-19-12;1-8(2)10(12(16)17)4-11(15)14(3)6-9-5-13-7-18-9;/h12-13,16-20,23H,6-11,14-15H2,1-5H3,(H,29,33);7,9-11H,3-6,8,14H2,1-2H3,(H,16,17);5,7-8,10H,4,6H2,1-3H3,(H,16,17);1H/t19-,20-,23-;10-,11-;10-;/m000./s1. The van der Waals surface area contributed by atoms with E-state index < -0.39 is 18.0 Å². The molecule has 0 bridgehead atoms. The third-order valence-electron chi connectivity index (χ3n) is 12.4. The van der Waals surface area contributed by atoms with Crippen LogP contribution in [0.15, 0.2) is 46.8 Å². The van der Waals surface area contributed by atoms with E-state index in [1.54, 1.807) is 70.7 Å².